The van der Waals surface area contributed by atoms with Crippen LogP contribution in [0.3, 0.4) is 0 Å². The minimum absolute atomic E-state index is 0.0331. The van der Waals surface area contributed by atoms with Crippen LogP contribution in [0.2, 0.25) is 0 Å². The van der Waals surface area contributed by atoms with Crippen LogP contribution < -0.4 is 9.47 Å². The molecule has 4 aromatic rings. The zero-order chi connectivity index (χ0) is 25.2. The van der Waals surface area contributed by atoms with E-state index in [-0.39, 0.29) is 45.6 Å². The van der Waals surface area contributed by atoms with Crippen molar-refractivity contribution in [2.45, 2.75) is 10.8 Å². The van der Waals surface area contributed by atoms with Gasteiger partial charge in [-0.25, -0.2) is 0 Å². The highest BCUT2D eigenvalue weighted by Crippen LogP contribution is 2.42. The Labute approximate surface area is 216 Å². The van der Waals surface area contributed by atoms with Gasteiger partial charge in [0.15, 0.2) is 11.5 Å². The summed E-state index contributed by atoms with van der Waals surface area (Å²) in [5.74, 6) is -0.634. The molecule has 0 spiro atoms. The van der Waals surface area contributed by atoms with E-state index in [4.69, 9.17) is 9.47 Å². The predicted molar refractivity (Wildman–Crippen MR) is 132 cm³/mol. The van der Waals surface area contributed by atoms with Crippen molar-refractivity contribution in [2.24, 2.45) is 4.40 Å². The molecule has 1 aliphatic carbocycles. The Morgan fingerprint density at radius 1 is 1.08 bits per heavy atom. The summed E-state index contributed by atoms with van der Waals surface area (Å²) in [6, 6.07) is 11.1. The lowest BCUT2D eigenvalue weighted by Crippen LogP contribution is -2.22. The van der Waals surface area contributed by atoms with E-state index in [9.17, 15) is 23.4 Å². The molecule has 0 fully saturated rings. The monoisotopic (exact) mass is 587 g/mol. The Kier molecular flexibility index (Phi) is 5.17. The number of rotatable bonds is 4. The lowest BCUT2D eigenvalue weighted by atomic mass is 9.89. The number of ketones is 1. The maximum Gasteiger partial charge on any atom is 0.292 e. The van der Waals surface area contributed by atoms with E-state index in [0.717, 1.165) is 15.9 Å². The summed E-state index contributed by atoms with van der Waals surface area (Å²) in [7, 11) is -4.22. The standard InChI is InChI=1S/C23H14BrN3O7S2/c24-15-5-6-16(35-15)36(31,32)26-19-12-2-1-7-25-20(12)21(28)18-17(19)22(29)27(23(18)30)9-11-3-4-13-14(8-11)34-10-33-13/h1-8,29-30H,9-10H2. The lowest BCUT2D eigenvalue weighted by Gasteiger charge is -2.16. The summed E-state index contributed by atoms with van der Waals surface area (Å²) in [6.45, 7) is 0.0399. The summed E-state index contributed by atoms with van der Waals surface area (Å²) in [5, 5.41) is 22.2. The molecule has 6 rings (SSSR count). The van der Waals surface area contributed by atoms with E-state index >= 15 is 0 Å². The number of carbonyl (C=O) groups excluding carboxylic acids is 1. The molecule has 0 saturated heterocycles. The van der Waals surface area contributed by atoms with Crippen molar-refractivity contribution < 1.29 is 32.9 Å². The molecule has 0 radical (unpaired) electrons. The minimum Gasteiger partial charge on any atom is -0.494 e. The van der Waals surface area contributed by atoms with E-state index in [0.29, 0.717) is 20.8 Å². The molecule has 1 aromatic carbocycles. The Balaban J connectivity index is 1.54. The second kappa shape index (κ2) is 8.18. The summed E-state index contributed by atoms with van der Waals surface area (Å²) in [6.07, 6.45) is 1.38. The number of benzene rings is 1. The Bertz CT molecular complexity index is 1720. The van der Waals surface area contributed by atoms with Crippen LogP contribution in [0.1, 0.15) is 32.7 Å². The van der Waals surface area contributed by atoms with Gasteiger partial charge in [0.1, 0.15) is 9.90 Å². The quantitative estimate of drug-likeness (QED) is 0.324. The first kappa shape index (κ1) is 22.8. The predicted octanol–water partition coefficient (Wildman–Crippen LogP) is 3.67. The van der Waals surface area contributed by atoms with Gasteiger partial charge in [-0.05, 0) is 57.9 Å². The first-order chi connectivity index (χ1) is 17.2. The zero-order valence-corrected chi connectivity index (χ0v) is 21.2. The smallest absolute Gasteiger partial charge is 0.292 e. The number of halogens is 1. The second-order valence-corrected chi connectivity index (χ2v) is 12.2. The molecule has 0 amide bonds. The van der Waals surface area contributed by atoms with Crippen molar-refractivity contribution >= 4 is 48.8 Å². The molecule has 1 aliphatic heterocycles. The van der Waals surface area contributed by atoms with E-state index in [1.165, 1.54) is 24.4 Å². The number of aromatic nitrogens is 2. The zero-order valence-electron chi connectivity index (χ0n) is 18.0. The molecule has 0 unspecified atom stereocenters. The maximum absolute atomic E-state index is 13.3. The first-order valence-corrected chi connectivity index (χ1v) is 13.4. The maximum atomic E-state index is 13.3. The number of sulfonamides is 1. The Morgan fingerprint density at radius 3 is 2.64 bits per heavy atom. The molecule has 2 aliphatic rings. The van der Waals surface area contributed by atoms with Gasteiger partial charge >= 0.3 is 0 Å². The number of nitrogens with zero attached hydrogens (tertiary/aromatic N) is 3. The molecule has 36 heavy (non-hydrogen) atoms. The minimum atomic E-state index is -4.22. The molecule has 182 valence electrons. The number of carbonyl (C=O) groups is 1. The van der Waals surface area contributed by atoms with Gasteiger partial charge in [0.2, 0.25) is 24.3 Å². The van der Waals surface area contributed by atoms with Crippen LogP contribution >= 0.6 is 27.3 Å². The lowest BCUT2D eigenvalue weighted by molar-refractivity contribution is 0.103. The number of ether oxygens (including phenoxy) is 2. The molecule has 3 aromatic heterocycles. The molecule has 2 N–H and O–H groups in total. The van der Waals surface area contributed by atoms with E-state index in [1.54, 1.807) is 24.3 Å². The number of aromatic hydroxyl groups is 2. The van der Waals surface area contributed by atoms with Crippen molar-refractivity contribution in [3.8, 4) is 23.3 Å². The van der Waals surface area contributed by atoms with Crippen LogP contribution in [0.5, 0.6) is 23.3 Å². The van der Waals surface area contributed by atoms with Crippen molar-refractivity contribution in [2.75, 3.05) is 6.79 Å². The number of hydrogen-bond acceptors (Lipinski definition) is 9. The van der Waals surface area contributed by atoms with Crippen molar-refractivity contribution in [1.29, 1.82) is 0 Å². The largest absolute Gasteiger partial charge is 0.494 e. The number of hydrogen-bond donors (Lipinski definition) is 2. The van der Waals surface area contributed by atoms with Gasteiger partial charge in [-0.2, -0.15) is 12.8 Å². The summed E-state index contributed by atoms with van der Waals surface area (Å²) in [4.78, 5) is 17.4. The highest BCUT2D eigenvalue weighted by atomic mass is 79.9. The van der Waals surface area contributed by atoms with Crippen LogP contribution in [0.25, 0.3) is 0 Å². The fourth-order valence-electron chi connectivity index (χ4n) is 4.13. The molecule has 4 heterocycles. The normalized spacial score (nSPS) is 15.2. The van der Waals surface area contributed by atoms with Crippen molar-refractivity contribution in [3.63, 3.8) is 0 Å². The number of pyridine rings is 1. The van der Waals surface area contributed by atoms with Gasteiger partial charge in [-0.15, -0.1) is 11.3 Å². The van der Waals surface area contributed by atoms with E-state index in [2.05, 4.69) is 25.3 Å². The third-order valence-corrected chi connectivity index (χ3v) is 9.11. The summed E-state index contributed by atoms with van der Waals surface area (Å²) < 4.78 is 42.6. The average Bonchev–Trinajstić information content (AvgIpc) is 3.57. The molecular formula is C23H14BrN3O7S2. The van der Waals surface area contributed by atoms with Crippen LogP contribution in [0.15, 0.2) is 61.1 Å². The average molecular weight is 588 g/mol. The number of thiophene rings is 1. The van der Waals surface area contributed by atoms with Crippen LogP contribution in [-0.2, 0) is 16.6 Å². The van der Waals surface area contributed by atoms with Crippen molar-refractivity contribution in [3.05, 3.63) is 80.4 Å². The fraction of sp³-hybridized carbons (Fsp3) is 0.0870. The topological polar surface area (TPSA) is 140 Å². The Morgan fingerprint density at radius 2 is 1.86 bits per heavy atom. The van der Waals surface area contributed by atoms with Gasteiger partial charge in [0.05, 0.1) is 27.2 Å². The molecule has 0 bridgehead atoms. The summed E-state index contributed by atoms with van der Waals surface area (Å²) in [5.41, 5.74) is 0.0366. The van der Waals surface area contributed by atoms with Crippen molar-refractivity contribution in [1.82, 2.24) is 9.55 Å². The third-order valence-electron chi connectivity index (χ3n) is 5.74. The van der Waals surface area contributed by atoms with Gasteiger partial charge < -0.3 is 19.7 Å². The third kappa shape index (κ3) is 3.50. The van der Waals surface area contributed by atoms with Crippen LogP contribution in [0, 0.1) is 0 Å². The molecule has 0 saturated carbocycles. The number of fused-ring (bicyclic) bond motifs is 3. The Hall–Kier alpha value is -3.68. The van der Waals surface area contributed by atoms with Crippen LogP contribution in [-0.4, -0.2) is 46.5 Å². The molecule has 10 nitrogen and oxygen atoms in total. The van der Waals surface area contributed by atoms with Crippen LogP contribution in [0.4, 0.5) is 0 Å². The van der Waals surface area contributed by atoms with Gasteiger partial charge in [-0.3, -0.25) is 14.3 Å². The second-order valence-electron chi connectivity index (χ2n) is 7.87. The van der Waals surface area contributed by atoms with Gasteiger partial charge in [0, 0.05) is 11.8 Å². The highest BCUT2D eigenvalue weighted by Gasteiger charge is 2.39. The van der Waals surface area contributed by atoms with E-state index in [1.807, 2.05) is 0 Å². The SMILES string of the molecule is O=C1c2ncccc2C(=NS(=O)(=O)c2ccc(Br)s2)c2c1c(O)n(Cc1ccc3c(c1)OCO3)c2O. The van der Waals surface area contributed by atoms with Gasteiger partial charge in [0.25, 0.3) is 10.0 Å². The van der Waals surface area contributed by atoms with E-state index < -0.39 is 27.6 Å². The summed E-state index contributed by atoms with van der Waals surface area (Å²) >= 11 is 4.21. The highest BCUT2D eigenvalue weighted by molar-refractivity contribution is 9.11. The molecule has 13 heteroatoms. The molecular weight excluding hydrogens is 574 g/mol. The molecule has 0 atom stereocenters. The first-order valence-electron chi connectivity index (χ1n) is 10.4. The van der Waals surface area contributed by atoms with Gasteiger partial charge in [-0.1, -0.05) is 6.07 Å². The fourth-order valence-corrected chi connectivity index (χ4v) is 7.14.